The molecular weight excluding hydrogens is 508 g/mol. The Kier molecular flexibility index (Phi) is 7.21. The van der Waals surface area contributed by atoms with E-state index in [2.05, 4.69) is 59.6 Å². The van der Waals surface area contributed by atoms with Crippen LogP contribution in [0.3, 0.4) is 0 Å². The smallest absolute Gasteiger partial charge is 0.245 e. The van der Waals surface area contributed by atoms with Crippen LogP contribution < -0.4 is 9.80 Å². The predicted molar refractivity (Wildman–Crippen MR) is 159 cm³/mol. The van der Waals surface area contributed by atoms with E-state index in [0.29, 0.717) is 12.0 Å². The van der Waals surface area contributed by atoms with Crippen LogP contribution in [0.1, 0.15) is 35.7 Å². The molecule has 0 unspecified atom stereocenters. The molecule has 0 saturated carbocycles. The number of anilines is 2. The van der Waals surface area contributed by atoms with Crippen LogP contribution in [0, 0.1) is 0 Å². The van der Waals surface area contributed by atoms with Crippen molar-refractivity contribution < 1.29 is 4.79 Å². The van der Waals surface area contributed by atoms with Gasteiger partial charge >= 0.3 is 0 Å². The third-order valence-electron chi connectivity index (χ3n) is 8.78. The zero-order chi connectivity index (χ0) is 27.1. The van der Waals surface area contributed by atoms with Gasteiger partial charge in [0.2, 0.25) is 11.9 Å². The van der Waals surface area contributed by atoms with Gasteiger partial charge in [0, 0.05) is 68.7 Å². The Balaban J connectivity index is 1.31. The number of likely N-dealkylation sites (N-methyl/N-ethyl adjacent to an activating group) is 1. The summed E-state index contributed by atoms with van der Waals surface area (Å²) in [5.74, 6) is 1.22. The molecule has 1 aromatic heterocycles. The van der Waals surface area contributed by atoms with E-state index in [-0.39, 0.29) is 5.91 Å². The first kappa shape index (κ1) is 26.1. The Morgan fingerprint density at radius 3 is 2.44 bits per heavy atom. The number of carbonyl (C=O) groups excluding carboxylic acids is 1. The largest absolute Gasteiger partial charge is 0.370 e. The molecule has 1 amide bonds. The molecule has 0 spiro atoms. The Morgan fingerprint density at radius 2 is 1.72 bits per heavy atom. The van der Waals surface area contributed by atoms with Crippen molar-refractivity contribution in [3.8, 4) is 0 Å². The van der Waals surface area contributed by atoms with Crippen molar-refractivity contribution in [1.29, 1.82) is 0 Å². The first-order valence-corrected chi connectivity index (χ1v) is 14.5. The molecule has 2 fully saturated rings. The van der Waals surface area contributed by atoms with Crippen LogP contribution in [-0.2, 0) is 17.6 Å². The number of carbonyl (C=O) groups is 1. The summed E-state index contributed by atoms with van der Waals surface area (Å²) in [5, 5.41) is 3.08. The van der Waals surface area contributed by atoms with Gasteiger partial charge in [-0.25, -0.2) is 9.97 Å². The van der Waals surface area contributed by atoms with Crippen LogP contribution in [0.5, 0.6) is 0 Å². The summed E-state index contributed by atoms with van der Waals surface area (Å²) >= 11 is 6.70. The lowest BCUT2D eigenvalue weighted by atomic mass is 9.88. The van der Waals surface area contributed by atoms with Crippen LogP contribution in [-0.4, -0.2) is 85.1 Å². The van der Waals surface area contributed by atoms with E-state index in [1.165, 1.54) is 34.1 Å². The van der Waals surface area contributed by atoms with E-state index >= 15 is 0 Å². The number of nitrogens with zero attached hydrogens (tertiary/aromatic N) is 6. The number of halogens is 1. The number of benzene rings is 2. The second-order valence-corrected chi connectivity index (χ2v) is 11.7. The lowest BCUT2D eigenvalue weighted by Crippen LogP contribution is -2.58. The van der Waals surface area contributed by atoms with Crippen molar-refractivity contribution in [3.05, 3.63) is 71.0 Å². The number of rotatable bonds is 5. The molecule has 0 radical (unpaired) electrons. The number of amides is 1. The summed E-state index contributed by atoms with van der Waals surface area (Å²) in [4.78, 5) is 31.6. The maximum atomic E-state index is 12.2. The monoisotopic (exact) mass is 544 g/mol. The SMILES string of the molecule is C=CC(=O)N1CCC(c2nc(N3CC(N(C)C)C3)nc3c2CCN(c2cccc4cccc(Cl)c24)CC3)CC1. The molecule has 3 aliphatic rings. The van der Waals surface area contributed by atoms with Gasteiger partial charge in [-0.05, 0) is 62.5 Å². The fourth-order valence-electron chi connectivity index (χ4n) is 6.32. The van der Waals surface area contributed by atoms with Gasteiger partial charge < -0.3 is 19.6 Å². The van der Waals surface area contributed by atoms with Crippen LogP contribution in [0.15, 0.2) is 49.1 Å². The third-order valence-corrected chi connectivity index (χ3v) is 9.09. The molecule has 0 N–H and O–H groups in total. The standard InChI is InChI=1S/C31H37ClN6O/c1-4-28(39)37-15-11-22(12-16-37)30-24-13-17-36(27-10-6-8-21-7-5-9-25(32)29(21)27)18-14-26(24)33-31(34-30)38-19-23(20-38)35(2)3/h4-10,22-23H,1,11-20H2,2-3H3. The van der Waals surface area contributed by atoms with Gasteiger partial charge in [0.25, 0.3) is 0 Å². The number of hydrogen-bond donors (Lipinski definition) is 0. The number of fused-ring (bicyclic) bond motifs is 2. The fourth-order valence-corrected chi connectivity index (χ4v) is 6.60. The summed E-state index contributed by atoms with van der Waals surface area (Å²) < 4.78 is 0. The van der Waals surface area contributed by atoms with E-state index in [4.69, 9.17) is 21.6 Å². The number of piperidine rings is 1. The molecule has 0 bridgehead atoms. The first-order chi connectivity index (χ1) is 18.9. The predicted octanol–water partition coefficient (Wildman–Crippen LogP) is 4.53. The molecule has 3 aliphatic heterocycles. The van der Waals surface area contributed by atoms with Gasteiger partial charge in [-0.2, -0.15) is 0 Å². The lowest BCUT2D eigenvalue weighted by Gasteiger charge is -2.43. The summed E-state index contributed by atoms with van der Waals surface area (Å²) in [6, 6.07) is 13.1. The highest BCUT2D eigenvalue weighted by molar-refractivity contribution is 6.36. The number of likely N-dealkylation sites (tertiary alicyclic amines) is 1. The maximum absolute atomic E-state index is 12.2. The molecule has 3 aromatic rings. The van der Waals surface area contributed by atoms with Gasteiger partial charge in [-0.15, -0.1) is 0 Å². The van der Waals surface area contributed by atoms with Crippen molar-refractivity contribution >= 4 is 39.9 Å². The summed E-state index contributed by atoms with van der Waals surface area (Å²) in [7, 11) is 4.27. The molecule has 8 heteroatoms. The van der Waals surface area contributed by atoms with Gasteiger partial charge in [-0.1, -0.05) is 42.4 Å². The van der Waals surface area contributed by atoms with Crippen LogP contribution >= 0.6 is 11.6 Å². The Bertz CT molecular complexity index is 1390. The highest BCUT2D eigenvalue weighted by Crippen LogP contribution is 2.37. The quantitative estimate of drug-likeness (QED) is 0.440. The minimum atomic E-state index is 0.0235. The minimum Gasteiger partial charge on any atom is -0.370 e. The highest BCUT2D eigenvalue weighted by Gasteiger charge is 2.34. The van der Waals surface area contributed by atoms with Crippen molar-refractivity contribution in [1.82, 2.24) is 19.8 Å². The Hall–Kier alpha value is -3.16. The Morgan fingerprint density at radius 1 is 1.00 bits per heavy atom. The van der Waals surface area contributed by atoms with Crippen molar-refractivity contribution in [2.75, 3.05) is 63.2 Å². The fraction of sp³-hybridized carbons (Fsp3) is 0.452. The van der Waals surface area contributed by atoms with Crippen molar-refractivity contribution in [3.63, 3.8) is 0 Å². The second-order valence-electron chi connectivity index (χ2n) is 11.3. The molecule has 2 saturated heterocycles. The van der Waals surface area contributed by atoms with Gasteiger partial charge in [-0.3, -0.25) is 4.79 Å². The van der Waals surface area contributed by atoms with E-state index in [1.54, 1.807) is 0 Å². The normalized spacial score (nSPS) is 18.7. The molecule has 4 heterocycles. The third kappa shape index (κ3) is 4.98. The summed E-state index contributed by atoms with van der Waals surface area (Å²) in [5.41, 5.74) is 4.88. The highest BCUT2D eigenvalue weighted by atomic mass is 35.5. The number of aromatic nitrogens is 2. The first-order valence-electron chi connectivity index (χ1n) is 14.1. The molecular formula is C31H37ClN6O. The molecule has 6 rings (SSSR count). The number of hydrogen-bond acceptors (Lipinski definition) is 6. The van der Waals surface area contributed by atoms with E-state index < -0.39 is 0 Å². The summed E-state index contributed by atoms with van der Waals surface area (Å²) in [6.45, 7) is 8.86. The van der Waals surface area contributed by atoms with Crippen molar-refractivity contribution in [2.45, 2.75) is 37.6 Å². The van der Waals surface area contributed by atoms with Crippen molar-refractivity contribution in [2.24, 2.45) is 0 Å². The molecule has 2 aromatic carbocycles. The molecule has 0 aliphatic carbocycles. The van der Waals surface area contributed by atoms with Crippen LogP contribution in [0.4, 0.5) is 11.6 Å². The maximum Gasteiger partial charge on any atom is 0.245 e. The lowest BCUT2D eigenvalue weighted by molar-refractivity contribution is -0.127. The molecule has 7 nitrogen and oxygen atoms in total. The average Bonchev–Trinajstić information content (AvgIpc) is 3.14. The molecule has 0 atom stereocenters. The van der Waals surface area contributed by atoms with Crippen LogP contribution in [0.2, 0.25) is 5.02 Å². The van der Waals surface area contributed by atoms with Crippen LogP contribution in [0.25, 0.3) is 10.8 Å². The van der Waals surface area contributed by atoms with Gasteiger partial charge in [0.15, 0.2) is 0 Å². The second kappa shape index (κ2) is 10.8. The average molecular weight is 545 g/mol. The zero-order valence-corrected chi connectivity index (χ0v) is 23.7. The van der Waals surface area contributed by atoms with E-state index in [1.807, 2.05) is 17.0 Å². The van der Waals surface area contributed by atoms with E-state index in [0.717, 1.165) is 81.3 Å². The summed E-state index contributed by atoms with van der Waals surface area (Å²) in [6.07, 6.45) is 5.04. The molecule has 39 heavy (non-hydrogen) atoms. The van der Waals surface area contributed by atoms with Gasteiger partial charge in [0.1, 0.15) is 0 Å². The Labute approximate surface area is 236 Å². The molecule has 204 valence electrons. The topological polar surface area (TPSA) is 55.8 Å². The van der Waals surface area contributed by atoms with E-state index in [9.17, 15) is 4.79 Å². The minimum absolute atomic E-state index is 0.0235. The zero-order valence-electron chi connectivity index (χ0n) is 22.9. The van der Waals surface area contributed by atoms with Gasteiger partial charge in [0.05, 0.1) is 16.4 Å².